The number of amides is 3. The Kier molecular flexibility index (Phi) is 3.33. The van der Waals surface area contributed by atoms with Gasteiger partial charge in [-0.05, 0) is 12.8 Å². The molecule has 0 aromatic carbocycles. The summed E-state index contributed by atoms with van der Waals surface area (Å²) in [5.41, 5.74) is 0. The van der Waals surface area contributed by atoms with Crippen molar-refractivity contribution in [2.75, 3.05) is 26.7 Å². The normalized spacial score (nSPS) is 24.1. The van der Waals surface area contributed by atoms with Crippen LogP contribution in [0.4, 0.5) is 4.79 Å². The SMILES string of the molecule is CN1C[C@@H](C(=O)N2CCC(c3ncc[nH]3)CC2)NC1=O. The molecule has 0 spiro atoms. The van der Waals surface area contributed by atoms with E-state index in [0.717, 1.165) is 31.8 Å². The number of likely N-dealkylation sites (tertiary alicyclic amines) is 1. The molecule has 2 aliphatic rings. The molecule has 0 aliphatic carbocycles. The van der Waals surface area contributed by atoms with E-state index in [9.17, 15) is 9.59 Å². The summed E-state index contributed by atoms with van der Waals surface area (Å²) in [5, 5.41) is 2.72. The van der Waals surface area contributed by atoms with Crippen LogP contribution in [0.3, 0.4) is 0 Å². The second-order valence-corrected chi connectivity index (χ2v) is 5.46. The van der Waals surface area contributed by atoms with Crippen molar-refractivity contribution in [3.8, 4) is 0 Å². The molecule has 2 aliphatic heterocycles. The van der Waals surface area contributed by atoms with Gasteiger partial charge in [-0.15, -0.1) is 0 Å². The quantitative estimate of drug-likeness (QED) is 0.807. The average molecular weight is 277 g/mol. The number of aromatic nitrogens is 2. The number of H-pyrrole nitrogens is 1. The molecule has 7 heteroatoms. The first-order chi connectivity index (χ1) is 9.65. The highest BCUT2D eigenvalue weighted by Gasteiger charge is 2.35. The van der Waals surface area contributed by atoms with E-state index in [4.69, 9.17) is 0 Å². The molecule has 20 heavy (non-hydrogen) atoms. The first-order valence-electron chi connectivity index (χ1n) is 6.95. The molecule has 2 N–H and O–H groups in total. The van der Waals surface area contributed by atoms with Gasteiger partial charge in [0, 0.05) is 38.4 Å². The highest BCUT2D eigenvalue weighted by molar-refractivity contribution is 5.90. The molecule has 3 rings (SSSR count). The van der Waals surface area contributed by atoms with Crippen molar-refractivity contribution in [1.82, 2.24) is 25.1 Å². The number of imidazole rings is 1. The second-order valence-electron chi connectivity index (χ2n) is 5.46. The van der Waals surface area contributed by atoms with Gasteiger partial charge >= 0.3 is 6.03 Å². The number of nitrogens with zero attached hydrogens (tertiary/aromatic N) is 3. The molecule has 3 heterocycles. The van der Waals surface area contributed by atoms with Crippen LogP contribution < -0.4 is 5.32 Å². The van der Waals surface area contributed by atoms with Gasteiger partial charge < -0.3 is 20.1 Å². The molecule has 1 aromatic heterocycles. The minimum absolute atomic E-state index is 0.0283. The zero-order chi connectivity index (χ0) is 14.1. The summed E-state index contributed by atoms with van der Waals surface area (Å²) < 4.78 is 0. The summed E-state index contributed by atoms with van der Waals surface area (Å²) in [6.45, 7) is 1.90. The Morgan fingerprint density at radius 2 is 2.15 bits per heavy atom. The largest absolute Gasteiger partial charge is 0.348 e. The van der Waals surface area contributed by atoms with E-state index >= 15 is 0 Å². The molecule has 3 amide bonds. The van der Waals surface area contributed by atoms with Crippen LogP contribution >= 0.6 is 0 Å². The Bertz CT molecular complexity index is 493. The van der Waals surface area contributed by atoms with Gasteiger partial charge in [0.15, 0.2) is 0 Å². The van der Waals surface area contributed by atoms with Gasteiger partial charge in [0.25, 0.3) is 0 Å². The zero-order valence-electron chi connectivity index (χ0n) is 11.5. The van der Waals surface area contributed by atoms with Crippen molar-refractivity contribution in [1.29, 1.82) is 0 Å². The van der Waals surface area contributed by atoms with Crippen LogP contribution in [-0.4, -0.2) is 64.4 Å². The predicted octanol–water partition coefficient (Wildman–Crippen LogP) is 0.139. The number of aromatic amines is 1. The van der Waals surface area contributed by atoms with Gasteiger partial charge in [-0.2, -0.15) is 0 Å². The molecule has 108 valence electrons. The van der Waals surface area contributed by atoms with Crippen LogP contribution in [0.25, 0.3) is 0 Å². The van der Waals surface area contributed by atoms with Gasteiger partial charge in [-0.1, -0.05) is 0 Å². The van der Waals surface area contributed by atoms with E-state index in [1.165, 1.54) is 4.90 Å². The average Bonchev–Trinajstić information content (AvgIpc) is 3.09. The molecule has 0 radical (unpaired) electrons. The number of piperidine rings is 1. The van der Waals surface area contributed by atoms with Gasteiger partial charge in [0.2, 0.25) is 5.91 Å². The molecule has 1 atom stereocenters. The Labute approximate surface area is 117 Å². The lowest BCUT2D eigenvalue weighted by atomic mass is 9.95. The van der Waals surface area contributed by atoms with Crippen molar-refractivity contribution < 1.29 is 9.59 Å². The van der Waals surface area contributed by atoms with Gasteiger partial charge in [-0.25, -0.2) is 9.78 Å². The number of carbonyl (C=O) groups is 2. The summed E-state index contributed by atoms with van der Waals surface area (Å²) >= 11 is 0. The van der Waals surface area contributed by atoms with E-state index in [0.29, 0.717) is 12.5 Å². The minimum atomic E-state index is -0.396. The number of likely N-dealkylation sites (N-methyl/N-ethyl adjacent to an activating group) is 1. The molecule has 2 fully saturated rings. The molecule has 2 saturated heterocycles. The maximum Gasteiger partial charge on any atom is 0.317 e. The smallest absolute Gasteiger partial charge is 0.317 e. The summed E-state index contributed by atoms with van der Waals surface area (Å²) in [6.07, 6.45) is 5.42. The fourth-order valence-corrected chi connectivity index (χ4v) is 2.90. The first kappa shape index (κ1) is 13.0. The predicted molar refractivity (Wildman–Crippen MR) is 72.1 cm³/mol. The van der Waals surface area contributed by atoms with Gasteiger partial charge in [0.1, 0.15) is 11.9 Å². The van der Waals surface area contributed by atoms with Crippen molar-refractivity contribution in [2.24, 2.45) is 0 Å². The van der Waals surface area contributed by atoms with Crippen molar-refractivity contribution in [3.05, 3.63) is 18.2 Å². The topological polar surface area (TPSA) is 81.3 Å². The van der Waals surface area contributed by atoms with Crippen molar-refractivity contribution in [3.63, 3.8) is 0 Å². The number of hydrogen-bond acceptors (Lipinski definition) is 3. The molecule has 0 saturated carbocycles. The number of rotatable bonds is 2. The first-order valence-corrected chi connectivity index (χ1v) is 6.95. The van der Waals surface area contributed by atoms with Crippen molar-refractivity contribution >= 4 is 11.9 Å². The van der Waals surface area contributed by atoms with E-state index < -0.39 is 6.04 Å². The van der Waals surface area contributed by atoms with E-state index in [-0.39, 0.29) is 11.9 Å². The van der Waals surface area contributed by atoms with Gasteiger partial charge in [0.05, 0.1) is 6.54 Å². The fourth-order valence-electron chi connectivity index (χ4n) is 2.90. The standard InChI is InChI=1S/C13H19N5O2/c1-17-8-10(16-13(17)20)12(19)18-6-2-9(3-7-18)11-14-4-5-15-11/h4-5,9-10H,2-3,6-8H2,1H3,(H,14,15)(H,16,20)/t10-/m0/s1. The van der Waals surface area contributed by atoms with Crippen LogP contribution in [0.2, 0.25) is 0 Å². The maximum atomic E-state index is 12.3. The Morgan fingerprint density at radius 3 is 2.70 bits per heavy atom. The van der Waals surface area contributed by atoms with Crippen LogP contribution in [0.1, 0.15) is 24.6 Å². The fraction of sp³-hybridized carbons (Fsp3) is 0.615. The van der Waals surface area contributed by atoms with E-state index in [2.05, 4.69) is 15.3 Å². The van der Waals surface area contributed by atoms with Crippen LogP contribution in [-0.2, 0) is 4.79 Å². The molecule has 7 nitrogen and oxygen atoms in total. The zero-order valence-corrected chi connectivity index (χ0v) is 11.5. The van der Waals surface area contributed by atoms with Gasteiger partial charge in [-0.3, -0.25) is 4.79 Å². The lowest BCUT2D eigenvalue weighted by Gasteiger charge is -2.32. The molecular weight excluding hydrogens is 258 g/mol. The van der Waals surface area contributed by atoms with Crippen molar-refractivity contribution in [2.45, 2.75) is 24.8 Å². The Balaban J connectivity index is 1.56. The molecule has 1 aromatic rings. The third-order valence-electron chi connectivity index (χ3n) is 4.11. The number of carbonyl (C=O) groups excluding carboxylic acids is 2. The molecular formula is C13H19N5O2. The highest BCUT2D eigenvalue weighted by Crippen LogP contribution is 2.25. The summed E-state index contributed by atoms with van der Waals surface area (Å²) in [4.78, 5) is 34.6. The van der Waals surface area contributed by atoms with E-state index in [1.807, 2.05) is 11.1 Å². The lowest BCUT2D eigenvalue weighted by molar-refractivity contribution is -0.133. The number of nitrogens with one attached hydrogen (secondary N) is 2. The van der Waals surface area contributed by atoms with Crippen LogP contribution in [0.5, 0.6) is 0 Å². The monoisotopic (exact) mass is 277 g/mol. The third kappa shape index (κ3) is 2.35. The minimum Gasteiger partial charge on any atom is -0.348 e. The maximum absolute atomic E-state index is 12.3. The van der Waals surface area contributed by atoms with E-state index in [1.54, 1.807) is 13.2 Å². The molecule has 0 unspecified atom stereocenters. The van der Waals surface area contributed by atoms with Crippen LogP contribution in [0.15, 0.2) is 12.4 Å². The summed E-state index contributed by atoms with van der Waals surface area (Å²) in [7, 11) is 1.70. The number of hydrogen-bond donors (Lipinski definition) is 2. The third-order valence-corrected chi connectivity index (χ3v) is 4.11. The number of urea groups is 1. The summed E-state index contributed by atoms with van der Waals surface area (Å²) in [5.74, 6) is 1.43. The second kappa shape index (κ2) is 5.15. The van der Waals surface area contributed by atoms with Crippen LogP contribution in [0, 0.1) is 0 Å². The summed E-state index contributed by atoms with van der Waals surface area (Å²) in [6, 6.07) is -0.568. The highest BCUT2D eigenvalue weighted by atomic mass is 16.2. The Morgan fingerprint density at radius 1 is 1.40 bits per heavy atom. The Hall–Kier alpha value is -2.05. The lowest BCUT2D eigenvalue weighted by Crippen LogP contribution is -2.48. The molecule has 0 bridgehead atoms.